The molecule has 9 heavy (non-hydrogen) atoms. The van der Waals surface area contributed by atoms with E-state index in [1.807, 2.05) is 0 Å². The first-order valence-electron chi connectivity index (χ1n) is 3.81. The third-order valence-electron chi connectivity index (χ3n) is 1.20. The Morgan fingerprint density at radius 2 is 2.22 bits per heavy atom. The van der Waals surface area contributed by atoms with Gasteiger partial charge in [0.2, 0.25) is 0 Å². The van der Waals surface area contributed by atoms with Crippen molar-refractivity contribution in [3.05, 3.63) is 6.92 Å². The molecule has 0 aromatic carbocycles. The number of unbranched alkanes of at least 4 members (excludes halogenated alkanes) is 1. The minimum absolute atomic E-state index is 0.543. The Balaban J connectivity index is 2.75. The maximum Gasteiger partial charge on any atom is -0.00232 e. The van der Waals surface area contributed by atoms with Gasteiger partial charge in [-0.3, -0.25) is 0 Å². The lowest BCUT2D eigenvalue weighted by Gasteiger charge is -2.04. The molecular weight excluding hydrogens is 110 g/mol. The zero-order valence-corrected chi connectivity index (χ0v) is 6.61. The summed E-state index contributed by atoms with van der Waals surface area (Å²) in [6, 6.07) is 0. The third-order valence-corrected chi connectivity index (χ3v) is 1.20. The van der Waals surface area contributed by atoms with Crippen molar-refractivity contribution in [1.82, 2.24) is 5.32 Å². The smallest absolute Gasteiger partial charge is 0.00232 e. The first-order valence-corrected chi connectivity index (χ1v) is 3.81. The molecule has 0 aliphatic carbocycles. The molecule has 0 heterocycles. The van der Waals surface area contributed by atoms with E-state index in [9.17, 15) is 0 Å². The molecule has 0 bridgehead atoms. The molecule has 0 fully saturated rings. The van der Waals surface area contributed by atoms with Gasteiger partial charge >= 0.3 is 0 Å². The Morgan fingerprint density at radius 1 is 1.56 bits per heavy atom. The molecule has 1 atom stereocenters. The molecule has 1 nitrogen and oxygen atoms in total. The average molecular weight is 128 g/mol. The first-order chi connectivity index (χ1) is 4.27. The molecule has 0 amide bonds. The van der Waals surface area contributed by atoms with Crippen LogP contribution in [-0.4, -0.2) is 13.1 Å². The summed E-state index contributed by atoms with van der Waals surface area (Å²) in [6.45, 7) is 10.4. The average Bonchev–Trinajstić information content (AvgIpc) is 1.80. The molecule has 55 valence electrons. The van der Waals surface area contributed by atoms with Crippen molar-refractivity contribution in [3.63, 3.8) is 0 Å². The largest absolute Gasteiger partial charge is 0.316 e. The van der Waals surface area contributed by atoms with Gasteiger partial charge < -0.3 is 5.32 Å². The fraction of sp³-hybridized carbons (Fsp3) is 0.875. The fourth-order valence-corrected chi connectivity index (χ4v) is 0.650. The van der Waals surface area contributed by atoms with Crippen LogP contribution in [0.15, 0.2) is 0 Å². The van der Waals surface area contributed by atoms with Crippen LogP contribution in [0.5, 0.6) is 0 Å². The second-order valence-corrected chi connectivity index (χ2v) is 2.66. The Bertz CT molecular complexity index is 50.5. The summed E-state index contributed by atoms with van der Waals surface area (Å²) in [5.74, 6) is 0.543. The molecule has 0 rings (SSSR count). The Morgan fingerprint density at radius 3 is 2.67 bits per heavy atom. The zero-order valence-electron chi connectivity index (χ0n) is 6.61. The van der Waals surface area contributed by atoms with Crippen LogP contribution in [0.4, 0.5) is 0 Å². The minimum Gasteiger partial charge on any atom is -0.316 e. The van der Waals surface area contributed by atoms with Crippen LogP contribution >= 0.6 is 0 Å². The van der Waals surface area contributed by atoms with Gasteiger partial charge in [0.05, 0.1) is 0 Å². The van der Waals surface area contributed by atoms with E-state index in [1.165, 1.54) is 12.8 Å². The van der Waals surface area contributed by atoms with Crippen molar-refractivity contribution in [2.24, 2.45) is 5.92 Å². The van der Waals surface area contributed by atoms with Crippen molar-refractivity contribution in [3.8, 4) is 0 Å². The van der Waals surface area contributed by atoms with Gasteiger partial charge in [-0.15, -0.1) is 0 Å². The highest BCUT2D eigenvalue weighted by molar-refractivity contribution is 4.57. The molecule has 0 aliphatic rings. The predicted octanol–water partition coefficient (Wildman–Crippen LogP) is 1.85. The third kappa shape index (κ3) is 7.96. The van der Waals surface area contributed by atoms with E-state index in [1.54, 1.807) is 0 Å². The van der Waals surface area contributed by atoms with Crippen molar-refractivity contribution < 1.29 is 0 Å². The van der Waals surface area contributed by atoms with Crippen LogP contribution < -0.4 is 5.32 Å². The number of rotatable bonds is 5. The molecule has 0 spiro atoms. The summed E-state index contributed by atoms with van der Waals surface area (Å²) in [4.78, 5) is 0. The zero-order chi connectivity index (χ0) is 7.11. The van der Waals surface area contributed by atoms with Gasteiger partial charge in [0.25, 0.3) is 0 Å². The van der Waals surface area contributed by atoms with E-state index in [4.69, 9.17) is 0 Å². The summed E-state index contributed by atoms with van der Waals surface area (Å²) in [5, 5.41) is 3.32. The van der Waals surface area contributed by atoms with Crippen LogP contribution in [-0.2, 0) is 0 Å². The lowest BCUT2D eigenvalue weighted by Crippen LogP contribution is -2.20. The monoisotopic (exact) mass is 128 g/mol. The number of nitrogens with one attached hydrogen (secondary N) is 1. The van der Waals surface area contributed by atoms with Gasteiger partial charge in [0.15, 0.2) is 0 Å². The lowest BCUT2D eigenvalue weighted by atomic mass is 10.2. The molecule has 0 saturated carbocycles. The SMILES string of the molecule is [CH2]C(C)CNCCCC. The van der Waals surface area contributed by atoms with Gasteiger partial charge in [-0.1, -0.05) is 20.3 Å². The van der Waals surface area contributed by atoms with Gasteiger partial charge in [-0.2, -0.15) is 0 Å². The van der Waals surface area contributed by atoms with Crippen LogP contribution in [0, 0.1) is 12.8 Å². The van der Waals surface area contributed by atoms with Crippen LogP contribution in [0.3, 0.4) is 0 Å². The summed E-state index contributed by atoms with van der Waals surface area (Å²) in [5.41, 5.74) is 0. The highest BCUT2D eigenvalue weighted by Gasteiger charge is 1.90. The number of hydrogen-bond acceptors (Lipinski definition) is 1. The van der Waals surface area contributed by atoms with Crippen molar-refractivity contribution in [1.29, 1.82) is 0 Å². The summed E-state index contributed by atoms with van der Waals surface area (Å²) < 4.78 is 0. The molecular formula is C8H18N. The normalized spacial score (nSPS) is 10.7. The maximum absolute atomic E-state index is 3.87. The Hall–Kier alpha value is -0.0400. The summed E-state index contributed by atoms with van der Waals surface area (Å²) >= 11 is 0. The molecule has 1 heteroatoms. The van der Waals surface area contributed by atoms with Gasteiger partial charge in [-0.05, 0) is 32.4 Å². The van der Waals surface area contributed by atoms with E-state index >= 15 is 0 Å². The molecule has 0 aromatic rings. The molecule has 0 saturated heterocycles. The van der Waals surface area contributed by atoms with E-state index in [0.717, 1.165) is 13.1 Å². The van der Waals surface area contributed by atoms with E-state index in [0.29, 0.717) is 5.92 Å². The Labute approximate surface area is 58.8 Å². The molecule has 1 unspecified atom stereocenters. The van der Waals surface area contributed by atoms with Crippen LogP contribution in [0.2, 0.25) is 0 Å². The quantitative estimate of drug-likeness (QED) is 0.557. The second kappa shape index (κ2) is 6.09. The predicted molar refractivity (Wildman–Crippen MR) is 42.3 cm³/mol. The standard InChI is InChI=1S/C8H18N/c1-4-5-6-9-7-8(2)3/h8-9H,2,4-7H2,1,3H3. The van der Waals surface area contributed by atoms with Crippen LogP contribution in [0.25, 0.3) is 0 Å². The van der Waals surface area contributed by atoms with E-state index in [-0.39, 0.29) is 0 Å². The topological polar surface area (TPSA) is 12.0 Å². The lowest BCUT2D eigenvalue weighted by molar-refractivity contribution is 0.572. The van der Waals surface area contributed by atoms with Crippen molar-refractivity contribution in [2.75, 3.05) is 13.1 Å². The minimum atomic E-state index is 0.543. The molecule has 1 N–H and O–H groups in total. The van der Waals surface area contributed by atoms with Gasteiger partial charge in [-0.25, -0.2) is 0 Å². The van der Waals surface area contributed by atoms with E-state index < -0.39 is 0 Å². The van der Waals surface area contributed by atoms with Crippen molar-refractivity contribution >= 4 is 0 Å². The summed E-state index contributed by atoms with van der Waals surface area (Å²) in [6.07, 6.45) is 2.56. The second-order valence-electron chi connectivity index (χ2n) is 2.66. The van der Waals surface area contributed by atoms with Gasteiger partial charge in [0.1, 0.15) is 0 Å². The highest BCUT2D eigenvalue weighted by Crippen LogP contribution is 1.87. The first kappa shape index (κ1) is 8.96. The van der Waals surface area contributed by atoms with Crippen LogP contribution in [0.1, 0.15) is 26.7 Å². The highest BCUT2D eigenvalue weighted by atomic mass is 14.8. The Kier molecular flexibility index (Phi) is 6.06. The number of hydrogen-bond donors (Lipinski definition) is 1. The summed E-state index contributed by atoms with van der Waals surface area (Å²) in [7, 11) is 0. The van der Waals surface area contributed by atoms with Crippen molar-refractivity contribution in [2.45, 2.75) is 26.7 Å². The fourth-order valence-electron chi connectivity index (χ4n) is 0.650. The molecule has 0 aliphatic heterocycles. The molecule has 1 radical (unpaired) electrons. The molecule has 0 aromatic heterocycles. The maximum atomic E-state index is 3.87. The van der Waals surface area contributed by atoms with Gasteiger partial charge in [0, 0.05) is 0 Å². The van der Waals surface area contributed by atoms with E-state index in [2.05, 4.69) is 26.1 Å².